The number of rotatable bonds is 5. The monoisotopic (exact) mass is 300 g/mol. The quantitative estimate of drug-likeness (QED) is 0.786. The zero-order valence-electron chi connectivity index (χ0n) is 12.6. The average Bonchev–Trinajstić information content (AvgIpc) is 3.05. The molecule has 0 aliphatic rings. The van der Waals surface area contributed by atoms with Gasteiger partial charge in [-0.2, -0.15) is 0 Å². The van der Waals surface area contributed by atoms with Gasteiger partial charge in [0.25, 0.3) is 0 Å². The molecule has 5 heteroatoms. The number of hydrogen-bond donors (Lipinski definition) is 1. The normalized spacial score (nSPS) is 12.7. The fourth-order valence-corrected chi connectivity index (χ4v) is 3.21. The Balaban J connectivity index is 1.84. The minimum absolute atomic E-state index is 0.273. The number of hydrogen-bond acceptors (Lipinski definition) is 4. The van der Waals surface area contributed by atoms with Gasteiger partial charge in [-0.3, -0.25) is 4.40 Å². The molecule has 0 radical (unpaired) electrons. The second kappa shape index (κ2) is 5.87. The molecule has 3 rings (SSSR count). The third-order valence-corrected chi connectivity index (χ3v) is 4.46. The van der Waals surface area contributed by atoms with Crippen molar-refractivity contribution in [2.45, 2.75) is 12.5 Å². The molecule has 2 aromatic heterocycles. The molecule has 110 valence electrons. The zero-order valence-corrected chi connectivity index (χ0v) is 13.4. The molecule has 3 aromatic rings. The molecular formula is C16H20N4S. The van der Waals surface area contributed by atoms with E-state index in [0.717, 1.165) is 17.1 Å². The van der Waals surface area contributed by atoms with Crippen molar-refractivity contribution in [3.63, 3.8) is 0 Å². The van der Waals surface area contributed by atoms with Crippen LogP contribution in [0.2, 0.25) is 0 Å². The molecule has 1 atom stereocenters. The Bertz CT molecular complexity index is 700. The van der Waals surface area contributed by atoms with Crippen molar-refractivity contribution in [1.82, 2.24) is 14.7 Å². The van der Waals surface area contributed by atoms with E-state index >= 15 is 0 Å². The number of thiazole rings is 1. The van der Waals surface area contributed by atoms with Gasteiger partial charge in [0.05, 0.1) is 5.69 Å². The van der Waals surface area contributed by atoms with Crippen molar-refractivity contribution in [3.05, 3.63) is 53.3 Å². The summed E-state index contributed by atoms with van der Waals surface area (Å²) in [6.45, 7) is 0. The van der Waals surface area contributed by atoms with E-state index in [-0.39, 0.29) is 6.04 Å². The van der Waals surface area contributed by atoms with Crippen LogP contribution in [0.4, 0.5) is 5.69 Å². The molecule has 1 N–H and O–H groups in total. The van der Waals surface area contributed by atoms with Gasteiger partial charge in [0.15, 0.2) is 4.96 Å². The third kappa shape index (κ3) is 2.94. The van der Waals surface area contributed by atoms with Crippen molar-refractivity contribution in [1.29, 1.82) is 0 Å². The summed E-state index contributed by atoms with van der Waals surface area (Å²) in [5, 5.41) is 5.46. The smallest absolute Gasteiger partial charge is 0.193 e. The number of nitrogens with zero attached hydrogens (tertiary/aromatic N) is 3. The second-order valence-corrected chi connectivity index (χ2v) is 6.23. The Kier molecular flexibility index (Phi) is 3.94. The van der Waals surface area contributed by atoms with E-state index in [1.54, 1.807) is 11.3 Å². The van der Waals surface area contributed by atoms with Crippen LogP contribution in [-0.2, 0) is 6.42 Å². The van der Waals surface area contributed by atoms with Crippen molar-refractivity contribution in [2.24, 2.45) is 0 Å². The van der Waals surface area contributed by atoms with Crippen molar-refractivity contribution < 1.29 is 0 Å². The standard InChI is InChI=1S/C16H20N4S/c1-17-15(12-5-4-6-14(9-12)19(2)3)10-13-11-20-7-8-21-16(20)18-13/h4-9,11,15,17H,10H2,1-3H3. The number of imidazole rings is 1. The first-order valence-corrected chi connectivity index (χ1v) is 7.91. The van der Waals surface area contributed by atoms with E-state index in [0.29, 0.717) is 0 Å². The fourth-order valence-electron chi connectivity index (χ4n) is 2.49. The van der Waals surface area contributed by atoms with Crippen LogP contribution in [0.15, 0.2) is 42.0 Å². The van der Waals surface area contributed by atoms with E-state index in [1.165, 1.54) is 11.3 Å². The Morgan fingerprint density at radius 2 is 2.24 bits per heavy atom. The molecule has 0 bridgehead atoms. The molecule has 21 heavy (non-hydrogen) atoms. The highest BCUT2D eigenvalue weighted by Gasteiger charge is 2.13. The molecule has 1 aromatic carbocycles. The first kappa shape index (κ1) is 14.1. The first-order chi connectivity index (χ1) is 10.2. The summed E-state index contributed by atoms with van der Waals surface area (Å²) >= 11 is 1.67. The predicted octanol–water partition coefficient (Wildman–Crippen LogP) is 2.97. The number of fused-ring (bicyclic) bond motifs is 1. The fraction of sp³-hybridized carbons (Fsp3) is 0.312. The van der Waals surface area contributed by atoms with E-state index in [9.17, 15) is 0 Å². The van der Waals surface area contributed by atoms with Gasteiger partial charge in [0, 0.05) is 50.0 Å². The Hall–Kier alpha value is -1.85. The lowest BCUT2D eigenvalue weighted by Gasteiger charge is -2.19. The van der Waals surface area contributed by atoms with Crippen LogP contribution in [0, 0.1) is 0 Å². The summed E-state index contributed by atoms with van der Waals surface area (Å²) in [7, 11) is 6.14. The highest BCUT2D eigenvalue weighted by Crippen LogP contribution is 2.23. The van der Waals surface area contributed by atoms with Crippen LogP contribution in [0.5, 0.6) is 0 Å². The largest absolute Gasteiger partial charge is 0.378 e. The molecule has 0 aliphatic carbocycles. The van der Waals surface area contributed by atoms with Gasteiger partial charge in [0.1, 0.15) is 0 Å². The van der Waals surface area contributed by atoms with Gasteiger partial charge in [-0.1, -0.05) is 12.1 Å². The average molecular weight is 300 g/mol. The molecule has 2 heterocycles. The molecule has 0 aliphatic heterocycles. The summed E-state index contributed by atoms with van der Waals surface area (Å²) in [5.41, 5.74) is 3.63. The highest BCUT2D eigenvalue weighted by molar-refractivity contribution is 7.15. The Morgan fingerprint density at radius 1 is 1.38 bits per heavy atom. The summed E-state index contributed by atoms with van der Waals surface area (Å²) in [4.78, 5) is 7.86. The van der Waals surface area contributed by atoms with Gasteiger partial charge < -0.3 is 10.2 Å². The van der Waals surface area contributed by atoms with E-state index in [2.05, 4.69) is 75.7 Å². The molecule has 1 unspecified atom stereocenters. The number of aromatic nitrogens is 2. The first-order valence-electron chi connectivity index (χ1n) is 7.03. The topological polar surface area (TPSA) is 32.6 Å². The maximum atomic E-state index is 4.67. The number of nitrogens with one attached hydrogen (secondary N) is 1. The predicted molar refractivity (Wildman–Crippen MR) is 89.3 cm³/mol. The lowest BCUT2D eigenvalue weighted by Crippen LogP contribution is -2.19. The van der Waals surface area contributed by atoms with Crippen LogP contribution in [0.3, 0.4) is 0 Å². The Morgan fingerprint density at radius 3 is 2.95 bits per heavy atom. The van der Waals surface area contributed by atoms with E-state index in [1.807, 2.05) is 7.05 Å². The van der Waals surface area contributed by atoms with E-state index < -0.39 is 0 Å². The maximum absolute atomic E-state index is 4.67. The highest BCUT2D eigenvalue weighted by atomic mass is 32.1. The zero-order chi connectivity index (χ0) is 14.8. The van der Waals surface area contributed by atoms with Crippen LogP contribution >= 0.6 is 11.3 Å². The number of anilines is 1. The minimum atomic E-state index is 0.273. The number of likely N-dealkylation sites (N-methyl/N-ethyl adjacent to an activating group) is 1. The Labute approximate surface area is 129 Å². The van der Waals surface area contributed by atoms with Crippen molar-refractivity contribution in [2.75, 3.05) is 26.0 Å². The van der Waals surface area contributed by atoms with Crippen molar-refractivity contribution >= 4 is 22.0 Å². The summed E-state index contributed by atoms with van der Waals surface area (Å²) in [6.07, 6.45) is 5.06. The lowest BCUT2D eigenvalue weighted by molar-refractivity contribution is 0.586. The van der Waals surface area contributed by atoms with Gasteiger partial charge in [-0.05, 0) is 24.7 Å². The third-order valence-electron chi connectivity index (χ3n) is 3.69. The summed E-state index contributed by atoms with van der Waals surface area (Å²) in [5.74, 6) is 0. The summed E-state index contributed by atoms with van der Waals surface area (Å²) < 4.78 is 2.09. The lowest BCUT2D eigenvalue weighted by atomic mass is 10.0. The second-order valence-electron chi connectivity index (χ2n) is 5.36. The van der Waals surface area contributed by atoms with Crippen molar-refractivity contribution in [3.8, 4) is 0 Å². The molecule has 0 fully saturated rings. The molecule has 0 saturated heterocycles. The van der Waals surface area contributed by atoms with Gasteiger partial charge >= 0.3 is 0 Å². The van der Waals surface area contributed by atoms with Crippen LogP contribution in [0.1, 0.15) is 17.3 Å². The molecule has 0 spiro atoms. The van der Waals surface area contributed by atoms with Crippen LogP contribution < -0.4 is 10.2 Å². The molecule has 4 nitrogen and oxygen atoms in total. The van der Waals surface area contributed by atoms with E-state index in [4.69, 9.17) is 0 Å². The molecule has 0 amide bonds. The van der Waals surface area contributed by atoms with Gasteiger partial charge in [-0.15, -0.1) is 11.3 Å². The SMILES string of the molecule is CNC(Cc1cn2ccsc2n1)c1cccc(N(C)C)c1. The molecule has 0 saturated carbocycles. The van der Waals surface area contributed by atoms with Crippen LogP contribution in [0.25, 0.3) is 4.96 Å². The number of benzene rings is 1. The van der Waals surface area contributed by atoms with Crippen LogP contribution in [-0.4, -0.2) is 30.5 Å². The van der Waals surface area contributed by atoms with Gasteiger partial charge in [0.2, 0.25) is 0 Å². The van der Waals surface area contributed by atoms with Gasteiger partial charge in [-0.25, -0.2) is 4.98 Å². The molecular weight excluding hydrogens is 280 g/mol. The summed E-state index contributed by atoms with van der Waals surface area (Å²) in [6, 6.07) is 8.92. The minimum Gasteiger partial charge on any atom is -0.378 e. The maximum Gasteiger partial charge on any atom is 0.193 e.